The molecule has 1 amide bonds. The number of nitrogens with zero attached hydrogens (tertiary/aromatic N) is 1. The largest absolute Gasteiger partial charge is 0.497 e. The molecule has 2 aromatic rings. The molecule has 22 heavy (non-hydrogen) atoms. The van der Waals surface area contributed by atoms with Gasteiger partial charge in [-0.05, 0) is 29.8 Å². The Kier molecular flexibility index (Phi) is 4.92. The van der Waals surface area contributed by atoms with Gasteiger partial charge in [-0.1, -0.05) is 12.1 Å². The number of methoxy groups -OCH3 is 1. The van der Waals surface area contributed by atoms with Gasteiger partial charge in [-0.15, -0.1) is 0 Å². The number of ether oxygens (including phenoxy) is 2. The quantitative estimate of drug-likeness (QED) is 0.675. The van der Waals surface area contributed by atoms with Gasteiger partial charge < -0.3 is 9.47 Å². The Morgan fingerprint density at radius 3 is 2.59 bits per heavy atom. The lowest BCUT2D eigenvalue weighted by Gasteiger charge is -2.08. The summed E-state index contributed by atoms with van der Waals surface area (Å²) in [6.07, 6.45) is -0.642. The summed E-state index contributed by atoms with van der Waals surface area (Å²) in [5.41, 5.74) is 1.16. The van der Waals surface area contributed by atoms with Gasteiger partial charge in [0.1, 0.15) is 12.4 Å². The number of benzene rings is 2. The lowest BCUT2D eigenvalue weighted by Crippen LogP contribution is -2.13. The molecule has 0 aromatic heterocycles. The molecule has 0 aliphatic rings. The third-order valence-corrected chi connectivity index (χ3v) is 2.83. The number of amides is 1. The number of nitro benzene ring substituents is 1. The van der Waals surface area contributed by atoms with E-state index in [1.807, 2.05) is 6.07 Å². The highest BCUT2D eigenvalue weighted by Gasteiger charge is 2.07. The number of carbonyl (C=O) groups excluding carboxylic acids is 1. The number of nitro groups is 1. The summed E-state index contributed by atoms with van der Waals surface area (Å²) in [6.45, 7) is 0.0933. The van der Waals surface area contributed by atoms with Gasteiger partial charge in [0.05, 0.1) is 12.0 Å². The van der Waals surface area contributed by atoms with Crippen LogP contribution in [0.2, 0.25) is 0 Å². The van der Waals surface area contributed by atoms with Gasteiger partial charge in [0.25, 0.3) is 5.69 Å². The van der Waals surface area contributed by atoms with Crippen LogP contribution in [0.1, 0.15) is 5.56 Å². The average molecular weight is 302 g/mol. The van der Waals surface area contributed by atoms with Crippen molar-refractivity contribution in [2.75, 3.05) is 12.4 Å². The van der Waals surface area contributed by atoms with Crippen molar-refractivity contribution in [3.8, 4) is 5.75 Å². The molecule has 0 atom stereocenters. The molecule has 0 saturated heterocycles. The summed E-state index contributed by atoms with van der Waals surface area (Å²) >= 11 is 0. The molecule has 2 rings (SSSR count). The summed E-state index contributed by atoms with van der Waals surface area (Å²) < 4.78 is 10.1. The van der Waals surface area contributed by atoms with Crippen LogP contribution in [0.4, 0.5) is 16.2 Å². The van der Waals surface area contributed by atoms with Crippen molar-refractivity contribution < 1.29 is 19.2 Å². The molecular formula is C15H14N2O5. The van der Waals surface area contributed by atoms with Crippen LogP contribution in [-0.4, -0.2) is 18.1 Å². The number of hydrogen-bond donors (Lipinski definition) is 1. The first-order valence-corrected chi connectivity index (χ1v) is 6.39. The molecule has 1 N–H and O–H groups in total. The Morgan fingerprint density at radius 1 is 1.23 bits per heavy atom. The Bertz CT molecular complexity index is 670. The van der Waals surface area contributed by atoms with Crippen molar-refractivity contribution in [2.45, 2.75) is 6.61 Å². The van der Waals surface area contributed by atoms with Crippen molar-refractivity contribution in [3.05, 3.63) is 64.2 Å². The fourth-order valence-electron chi connectivity index (χ4n) is 1.73. The van der Waals surface area contributed by atoms with Gasteiger partial charge >= 0.3 is 6.09 Å². The average Bonchev–Trinajstić information content (AvgIpc) is 2.53. The highest BCUT2D eigenvalue weighted by Crippen LogP contribution is 2.16. The highest BCUT2D eigenvalue weighted by atomic mass is 16.6. The number of hydrogen-bond acceptors (Lipinski definition) is 5. The van der Waals surface area contributed by atoms with Crippen LogP contribution in [0.3, 0.4) is 0 Å². The molecule has 0 bridgehead atoms. The molecule has 114 valence electrons. The number of rotatable bonds is 5. The molecule has 0 saturated carbocycles. The standard InChI is InChI=1S/C15H14N2O5/c1-21-14-4-2-3-11(9-14)10-22-15(18)16-12-5-7-13(8-6-12)17(19)20/h2-9H,10H2,1H3,(H,16,18). The van der Waals surface area contributed by atoms with Crippen molar-refractivity contribution >= 4 is 17.5 Å². The second-order valence-corrected chi connectivity index (χ2v) is 4.36. The lowest BCUT2D eigenvalue weighted by atomic mass is 10.2. The minimum absolute atomic E-state index is 0.0460. The summed E-state index contributed by atoms with van der Waals surface area (Å²) in [4.78, 5) is 21.7. The van der Waals surface area contributed by atoms with Gasteiger partial charge in [-0.2, -0.15) is 0 Å². The van der Waals surface area contributed by atoms with Crippen molar-refractivity contribution in [1.29, 1.82) is 0 Å². The molecule has 0 aliphatic heterocycles. The van der Waals surface area contributed by atoms with E-state index in [0.29, 0.717) is 11.4 Å². The van der Waals surface area contributed by atoms with Crippen LogP contribution in [0.15, 0.2) is 48.5 Å². The van der Waals surface area contributed by atoms with E-state index in [2.05, 4.69) is 5.32 Å². The van der Waals surface area contributed by atoms with Crippen molar-refractivity contribution in [3.63, 3.8) is 0 Å². The zero-order valence-corrected chi connectivity index (χ0v) is 11.8. The zero-order chi connectivity index (χ0) is 15.9. The Balaban J connectivity index is 1.88. The van der Waals surface area contributed by atoms with E-state index in [4.69, 9.17) is 9.47 Å². The topological polar surface area (TPSA) is 90.7 Å². The van der Waals surface area contributed by atoms with Gasteiger partial charge in [-0.3, -0.25) is 15.4 Å². The smallest absolute Gasteiger partial charge is 0.411 e. The summed E-state index contributed by atoms with van der Waals surface area (Å²) in [5, 5.41) is 13.0. The van der Waals surface area contributed by atoms with Gasteiger partial charge in [0, 0.05) is 17.8 Å². The number of carbonyl (C=O) groups is 1. The van der Waals surface area contributed by atoms with Crippen molar-refractivity contribution in [2.24, 2.45) is 0 Å². The monoisotopic (exact) mass is 302 g/mol. The maximum atomic E-state index is 11.7. The van der Waals surface area contributed by atoms with Crippen LogP contribution in [0.25, 0.3) is 0 Å². The molecule has 0 radical (unpaired) electrons. The molecule has 0 heterocycles. The molecule has 2 aromatic carbocycles. The molecular weight excluding hydrogens is 288 g/mol. The maximum absolute atomic E-state index is 11.7. The van der Waals surface area contributed by atoms with Crippen LogP contribution >= 0.6 is 0 Å². The van der Waals surface area contributed by atoms with E-state index >= 15 is 0 Å². The van der Waals surface area contributed by atoms with Crippen LogP contribution < -0.4 is 10.1 Å². The zero-order valence-electron chi connectivity index (χ0n) is 11.8. The van der Waals surface area contributed by atoms with E-state index in [0.717, 1.165) is 5.56 Å². The van der Waals surface area contributed by atoms with Crippen LogP contribution in [0, 0.1) is 10.1 Å². The SMILES string of the molecule is COc1cccc(COC(=O)Nc2ccc([N+](=O)[O-])cc2)c1. The lowest BCUT2D eigenvalue weighted by molar-refractivity contribution is -0.384. The minimum Gasteiger partial charge on any atom is -0.497 e. The second kappa shape index (κ2) is 7.07. The predicted molar refractivity (Wildman–Crippen MR) is 79.9 cm³/mol. The fourth-order valence-corrected chi connectivity index (χ4v) is 1.73. The van der Waals surface area contributed by atoms with Gasteiger partial charge in [0.15, 0.2) is 0 Å². The van der Waals surface area contributed by atoms with E-state index in [9.17, 15) is 14.9 Å². The third-order valence-electron chi connectivity index (χ3n) is 2.83. The fraction of sp³-hybridized carbons (Fsp3) is 0.133. The van der Waals surface area contributed by atoms with E-state index in [1.54, 1.807) is 25.3 Å². The Labute approximate surface area is 126 Å². The summed E-state index contributed by atoms with van der Waals surface area (Å²) in [7, 11) is 1.56. The maximum Gasteiger partial charge on any atom is 0.411 e. The summed E-state index contributed by atoms with van der Waals surface area (Å²) in [6, 6.07) is 12.6. The normalized spacial score (nSPS) is 9.86. The van der Waals surface area contributed by atoms with Gasteiger partial charge in [-0.25, -0.2) is 4.79 Å². The van der Waals surface area contributed by atoms with E-state index in [1.165, 1.54) is 24.3 Å². The predicted octanol–water partition coefficient (Wildman–Crippen LogP) is 3.35. The molecule has 0 spiro atoms. The summed E-state index contributed by atoms with van der Waals surface area (Å²) in [5.74, 6) is 0.678. The Morgan fingerprint density at radius 2 is 1.95 bits per heavy atom. The third kappa shape index (κ3) is 4.20. The molecule has 7 heteroatoms. The highest BCUT2D eigenvalue weighted by molar-refractivity contribution is 5.84. The first kappa shape index (κ1) is 15.3. The first-order valence-electron chi connectivity index (χ1n) is 6.39. The van der Waals surface area contributed by atoms with Crippen LogP contribution in [0.5, 0.6) is 5.75 Å². The van der Waals surface area contributed by atoms with E-state index in [-0.39, 0.29) is 12.3 Å². The molecule has 7 nitrogen and oxygen atoms in total. The van der Waals surface area contributed by atoms with Gasteiger partial charge in [0.2, 0.25) is 0 Å². The van der Waals surface area contributed by atoms with Crippen LogP contribution in [-0.2, 0) is 11.3 Å². The van der Waals surface area contributed by atoms with Crippen molar-refractivity contribution in [1.82, 2.24) is 0 Å². The molecule has 0 aliphatic carbocycles. The molecule has 0 fully saturated rings. The number of non-ortho nitro benzene ring substituents is 1. The molecule has 0 unspecified atom stereocenters. The number of nitrogens with one attached hydrogen (secondary N) is 1. The second-order valence-electron chi connectivity index (χ2n) is 4.36. The van der Waals surface area contributed by atoms with E-state index < -0.39 is 11.0 Å². The first-order chi connectivity index (χ1) is 10.6. The minimum atomic E-state index is -0.642. The number of anilines is 1. The Hall–Kier alpha value is -3.09.